The number of hydrogen-bond acceptors (Lipinski definition) is 6. The number of nitrogens with zero attached hydrogens (tertiary/aromatic N) is 3. The van der Waals surface area contributed by atoms with Crippen LogP contribution in [0.4, 0.5) is 0 Å². The van der Waals surface area contributed by atoms with Crippen molar-refractivity contribution in [2.75, 3.05) is 27.7 Å². The summed E-state index contributed by atoms with van der Waals surface area (Å²) >= 11 is 0. The van der Waals surface area contributed by atoms with Crippen LogP contribution >= 0.6 is 0 Å². The van der Waals surface area contributed by atoms with Gasteiger partial charge in [-0.15, -0.1) is 0 Å². The zero-order chi connectivity index (χ0) is 15.2. The molecule has 0 aliphatic carbocycles. The largest absolute Gasteiger partial charge is 0.497 e. The number of likely N-dealkylation sites (N-methyl/N-ethyl adjacent to an activating group) is 1. The number of aromatic nitrogens is 2. The second-order valence-electron chi connectivity index (χ2n) is 5.12. The smallest absolute Gasteiger partial charge is 0.240 e. The highest BCUT2D eigenvalue weighted by molar-refractivity contribution is 5.30. The average Bonchev–Trinajstić information content (AvgIpc) is 2.89. The van der Waals surface area contributed by atoms with Crippen LogP contribution in [0.2, 0.25) is 0 Å². The summed E-state index contributed by atoms with van der Waals surface area (Å²) in [5.74, 6) is 2.13. The minimum atomic E-state index is 0.240. The molecule has 0 aliphatic rings. The molecule has 0 bridgehead atoms. The van der Waals surface area contributed by atoms with E-state index in [1.165, 1.54) is 5.56 Å². The van der Waals surface area contributed by atoms with Gasteiger partial charge >= 0.3 is 0 Å². The number of benzene rings is 1. The molecule has 2 aromatic rings. The minimum Gasteiger partial charge on any atom is -0.497 e. The van der Waals surface area contributed by atoms with Gasteiger partial charge in [0.05, 0.1) is 13.7 Å². The van der Waals surface area contributed by atoms with Crippen LogP contribution in [0, 0.1) is 6.92 Å². The number of ether oxygens (including phenoxy) is 1. The van der Waals surface area contributed by atoms with E-state index in [-0.39, 0.29) is 6.04 Å². The quantitative estimate of drug-likeness (QED) is 0.838. The van der Waals surface area contributed by atoms with Crippen molar-refractivity contribution in [1.82, 2.24) is 20.4 Å². The number of rotatable bonds is 7. The molecule has 0 amide bonds. The topological polar surface area (TPSA) is 63.4 Å². The third-order valence-electron chi connectivity index (χ3n) is 3.29. The monoisotopic (exact) mass is 290 g/mol. The standard InChI is InChI=1S/C15H22N4O2/c1-11-17-15(21-18-11)10-16-9-14(19(2)3)12-6-5-7-13(8-12)20-4/h5-8,14,16H,9-10H2,1-4H3. The van der Waals surface area contributed by atoms with E-state index >= 15 is 0 Å². The van der Waals surface area contributed by atoms with Crippen molar-refractivity contribution >= 4 is 0 Å². The van der Waals surface area contributed by atoms with E-state index in [1.54, 1.807) is 7.11 Å². The zero-order valence-electron chi connectivity index (χ0n) is 13.0. The van der Waals surface area contributed by atoms with Crippen LogP contribution in [0.3, 0.4) is 0 Å². The average molecular weight is 290 g/mol. The van der Waals surface area contributed by atoms with Gasteiger partial charge in [-0.05, 0) is 38.7 Å². The first-order valence-corrected chi connectivity index (χ1v) is 6.90. The summed E-state index contributed by atoms with van der Waals surface area (Å²) in [5.41, 5.74) is 1.20. The first-order chi connectivity index (χ1) is 10.1. The van der Waals surface area contributed by atoms with Crippen LogP contribution in [0.15, 0.2) is 28.8 Å². The Hall–Kier alpha value is -1.92. The maximum Gasteiger partial charge on any atom is 0.240 e. The molecule has 1 aromatic carbocycles. The summed E-state index contributed by atoms with van der Waals surface area (Å²) in [4.78, 5) is 6.35. The maximum absolute atomic E-state index is 5.29. The molecule has 1 aromatic heterocycles. The van der Waals surface area contributed by atoms with Crippen LogP contribution in [-0.2, 0) is 6.54 Å². The lowest BCUT2D eigenvalue weighted by Gasteiger charge is -2.25. The Bertz CT molecular complexity index is 568. The van der Waals surface area contributed by atoms with Gasteiger partial charge in [-0.3, -0.25) is 0 Å². The van der Waals surface area contributed by atoms with Gasteiger partial charge in [0.2, 0.25) is 5.89 Å². The van der Waals surface area contributed by atoms with Gasteiger partial charge in [0.25, 0.3) is 0 Å². The second kappa shape index (κ2) is 7.19. The number of methoxy groups -OCH3 is 1. The Morgan fingerprint density at radius 1 is 1.38 bits per heavy atom. The van der Waals surface area contributed by atoms with Crippen molar-refractivity contribution < 1.29 is 9.26 Å². The van der Waals surface area contributed by atoms with Gasteiger partial charge in [-0.25, -0.2) is 0 Å². The minimum absolute atomic E-state index is 0.240. The van der Waals surface area contributed by atoms with Gasteiger partial charge in [0, 0.05) is 12.6 Å². The van der Waals surface area contributed by atoms with E-state index in [4.69, 9.17) is 9.26 Å². The van der Waals surface area contributed by atoms with Crippen molar-refractivity contribution in [1.29, 1.82) is 0 Å². The fourth-order valence-corrected chi connectivity index (χ4v) is 2.18. The van der Waals surface area contributed by atoms with E-state index in [1.807, 2.05) is 19.1 Å². The zero-order valence-corrected chi connectivity index (χ0v) is 13.0. The van der Waals surface area contributed by atoms with E-state index in [0.29, 0.717) is 18.3 Å². The molecule has 1 N–H and O–H groups in total. The Morgan fingerprint density at radius 3 is 2.81 bits per heavy atom. The van der Waals surface area contributed by atoms with Crippen molar-refractivity contribution in [3.63, 3.8) is 0 Å². The molecule has 114 valence electrons. The second-order valence-corrected chi connectivity index (χ2v) is 5.12. The van der Waals surface area contributed by atoms with Crippen molar-refractivity contribution in [3.8, 4) is 5.75 Å². The van der Waals surface area contributed by atoms with E-state index < -0.39 is 0 Å². The summed E-state index contributed by atoms with van der Waals surface area (Å²) in [6, 6.07) is 8.36. The SMILES string of the molecule is COc1cccc(C(CNCc2nc(C)no2)N(C)C)c1. The Morgan fingerprint density at radius 2 is 2.19 bits per heavy atom. The summed E-state index contributed by atoms with van der Waals surface area (Å²) in [6.45, 7) is 3.16. The van der Waals surface area contributed by atoms with Crippen molar-refractivity contribution in [2.24, 2.45) is 0 Å². The Labute approximate surface area is 125 Å². The van der Waals surface area contributed by atoms with Gasteiger partial charge in [-0.2, -0.15) is 4.98 Å². The Kier molecular flexibility index (Phi) is 5.30. The van der Waals surface area contributed by atoms with Gasteiger partial charge in [0.1, 0.15) is 5.75 Å². The lowest BCUT2D eigenvalue weighted by molar-refractivity contribution is 0.280. The molecule has 1 heterocycles. The lowest BCUT2D eigenvalue weighted by atomic mass is 10.1. The summed E-state index contributed by atoms with van der Waals surface area (Å²) in [5, 5.41) is 7.13. The Balaban J connectivity index is 1.98. The highest BCUT2D eigenvalue weighted by atomic mass is 16.5. The molecule has 6 heteroatoms. The fourth-order valence-electron chi connectivity index (χ4n) is 2.18. The molecule has 0 aliphatic heterocycles. The third kappa shape index (κ3) is 4.27. The molecule has 2 rings (SSSR count). The van der Waals surface area contributed by atoms with Gasteiger partial charge < -0.3 is 19.5 Å². The molecule has 6 nitrogen and oxygen atoms in total. The van der Waals surface area contributed by atoms with Crippen LogP contribution in [-0.4, -0.2) is 42.8 Å². The van der Waals surface area contributed by atoms with Crippen LogP contribution in [0.5, 0.6) is 5.75 Å². The van der Waals surface area contributed by atoms with E-state index in [0.717, 1.165) is 12.3 Å². The highest BCUT2D eigenvalue weighted by Gasteiger charge is 2.15. The number of nitrogens with one attached hydrogen (secondary N) is 1. The number of hydrogen-bond donors (Lipinski definition) is 1. The van der Waals surface area contributed by atoms with Gasteiger partial charge in [0.15, 0.2) is 5.82 Å². The molecular weight excluding hydrogens is 268 g/mol. The summed E-state index contributed by atoms with van der Waals surface area (Å²) in [6.07, 6.45) is 0. The molecular formula is C15H22N4O2. The van der Waals surface area contributed by atoms with Crippen molar-refractivity contribution in [3.05, 3.63) is 41.5 Å². The third-order valence-corrected chi connectivity index (χ3v) is 3.29. The molecule has 0 saturated heterocycles. The maximum atomic E-state index is 5.29. The fraction of sp³-hybridized carbons (Fsp3) is 0.467. The summed E-state index contributed by atoms with van der Waals surface area (Å²) in [7, 11) is 5.80. The molecule has 0 radical (unpaired) electrons. The molecule has 1 unspecified atom stereocenters. The van der Waals surface area contributed by atoms with Crippen LogP contribution < -0.4 is 10.1 Å². The van der Waals surface area contributed by atoms with Crippen LogP contribution in [0.25, 0.3) is 0 Å². The highest BCUT2D eigenvalue weighted by Crippen LogP contribution is 2.22. The number of aryl methyl sites for hydroxylation is 1. The van der Waals surface area contributed by atoms with Crippen LogP contribution in [0.1, 0.15) is 23.3 Å². The predicted molar refractivity (Wildman–Crippen MR) is 80.2 cm³/mol. The predicted octanol–water partition coefficient (Wildman–Crippen LogP) is 1.78. The van der Waals surface area contributed by atoms with E-state index in [2.05, 4.69) is 46.6 Å². The lowest BCUT2D eigenvalue weighted by Crippen LogP contribution is -2.30. The van der Waals surface area contributed by atoms with Crippen molar-refractivity contribution in [2.45, 2.75) is 19.5 Å². The van der Waals surface area contributed by atoms with Gasteiger partial charge in [-0.1, -0.05) is 17.3 Å². The summed E-state index contributed by atoms with van der Waals surface area (Å²) < 4.78 is 10.4. The van der Waals surface area contributed by atoms with E-state index in [9.17, 15) is 0 Å². The molecule has 1 atom stereocenters. The first kappa shape index (κ1) is 15.5. The molecule has 21 heavy (non-hydrogen) atoms. The first-order valence-electron chi connectivity index (χ1n) is 6.90. The normalized spacial score (nSPS) is 12.6. The molecule has 0 saturated carbocycles. The molecule has 0 fully saturated rings. The molecule has 0 spiro atoms.